The number of ether oxygens (including phenoxy) is 2. The van der Waals surface area contributed by atoms with Crippen molar-refractivity contribution in [2.24, 2.45) is 0 Å². The Bertz CT molecular complexity index is 836. The van der Waals surface area contributed by atoms with Crippen LogP contribution in [0.5, 0.6) is 17.2 Å². The molecule has 2 rings (SSSR count). The Morgan fingerprint density at radius 1 is 1.20 bits per heavy atom. The zero-order valence-electron chi connectivity index (χ0n) is 13.6. The zero-order chi connectivity index (χ0) is 18.2. The summed E-state index contributed by atoms with van der Waals surface area (Å²) in [5.74, 6) is -0.676. The van der Waals surface area contributed by atoms with Gasteiger partial charge in [-0.15, -0.1) is 0 Å². The summed E-state index contributed by atoms with van der Waals surface area (Å²) in [5, 5.41) is 27.9. The van der Waals surface area contributed by atoms with Crippen LogP contribution in [0.1, 0.15) is 11.1 Å². The first-order valence-corrected chi connectivity index (χ1v) is 7.48. The lowest BCUT2D eigenvalue weighted by Gasteiger charge is -2.08. The van der Waals surface area contributed by atoms with Crippen molar-refractivity contribution in [2.75, 3.05) is 13.7 Å². The number of nitriles is 1. The molecule has 0 spiro atoms. The third-order valence-electron chi connectivity index (χ3n) is 3.45. The average Bonchev–Trinajstić information content (AvgIpc) is 2.62. The zero-order valence-corrected chi connectivity index (χ0v) is 13.6. The lowest BCUT2D eigenvalue weighted by molar-refractivity contribution is -0.138. The quantitative estimate of drug-likeness (QED) is 0.363. The molecule has 0 heterocycles. The Morgan fingerprint density at radius 2 is 1.96 bits per heavy atom. The highest BCUT2D eigenvalue weighted by molar-refractivity contribution is 5.97. The van der Waals surface area contributed by atoms with Crippen molar-refractivity contribution >= 4 is 12.0 Å². The Hall–Kier alpha value is -3.46. The summed E-state index contributed by atoms with van der Waals surface area (Å²) in [6, 6.07) is 13.1. The summed E-state index contributed by atoms with van der Waals surface area (Å²) in [4.78, 5) is 12.0. The normalized spacial score (nSPS) is 10.8. The van der Waals surface area contributed by atoms with E-state index >= 15 is 0 Å². The molecule has 0 atom stereocenters. The van der Waals surface area contributed by atoms with Gasteiger partial charge in [-0.05, 0) is 35.4 Å². The molecular formula is C19H17NO5. The van der Waals surface area contributed by atoms with Gasteiger partial charge in [0, 0.05) is 6.42 Å². The average molecular weight is 339 g/mol. The van der Waals surface area contributed by atoms with Crippen molar-refractivity contribution in [1.29, 1.82) is 5.26 Å². The van der Waals surface area contributed by atoms with Crippen LogP contribution in [-0.4, -0.2) is 29.9 Å². The maximum absolute atomic E-state index is 12.0. The molecule has 2 aromatic rings. The fourth-order valence-corrected chi connectivity index (χ4v) is 2.17. The van der Waals surface area contributed by atoms with Crippen molar-refractivity contribution in [3.63, 3.8) is 0 Å². The van der Waals surface area contributed by atoms with Crippen molar-refractivity contribution < 1.29 is 24.5 Å². The van der Waals surface area contributed by atoms with Crippen LogP contribution in [0.4, 0.5) is 0 Å². The molecule has 0 aliphatic carbocycles. The number of para-hydroxylation sites is 1. The Kier molecular flexibility index (Phi) is 6.02. The number of hydrogen-bond acceptors (Lipinski definition) is 6. The largest absolute Gasteiger partial charge is 0.504 e. The van der Waals surface area contributed by atoms with Crippen LogP contribution >= 0.6 is 0 Å². The molecule has 2 N–H and O–H groups in total. The van der Waals surface area contributed by atoms with Gasteiger partial charge in [0.25, 0.3) is 0 Å². The van der Waals surface area contributed by atoms with Crippen molar-refractivity contribution in [1.82, 2.24) is 0 Å². The van der Waals surface area contributed by atoms with Gasteiger partial charge < -0.3 is 19.7 Å². The maximum atomic E-state index is 12.0. The first kappa shape index (κ1) is 17.9. The lowest BCUT2D eigenvalue weighted by atomic mass is 10.1. The summed E-state index contributed by atoms with van der Waals surface area (Å²) in [6.45, 7) is 0.0963. The molecule has 0 saturated heterocycles. The second kappa shape index (κ2) is 8.41. The highest BCUT2D eigenvalue weighted by Crippen LogP contribution is 2.26. The van der Waals surface area contributed by atoms with Crippen molar-refractivity contribution in [3.05, 3.63) is 59.2 Å². The van der Waals surface area contributed by atoms with E-state index in [0.29, 0.717) is 17.7 Å². The summed E-state index contributed by atoms with van der Waals surface area (Å²) in [7, 11) is 1.56. The Labute approximate surface area is 145 Å². The van der Waals surface area contributed by atoms with Crippen molar-refractivity contribution in [3.8, 4) is 23.3 Å². The molecule has 0 unspecified atom stereocenters. The van der Waals surface area contributed by atoms with E-state index in [2.05, 4.69) is 0 Å². The van der Waals surface area contributed by atoms with Gasteiger partial charge >= 0.3 is 5.97 Å². The molecular weight excluding hydrogens is 322 g/mol. The minimum absolute atomic E-state index is 0.0963. The van der Waals surface area contributed by atoms with Gasteiger partial charge in [0.15, 0.2) is 11.5 Å². The molecule has 0 aliphatic rings. The van der Waals surface area contributed by atoms with Crippen LogP contribution in [0.3, 0.4) is 0 Å². The molecule has 6 nitrogen and oxygen atoms in total. The van der Waals surface area contributed by atoms with Gasteiger partial charge in [0.1, 0.15) is 17.4 Å². The second-order valence-corrected chi connectivity index (χ2v) is 5.12. The standard InChI is InChI=1S/C19H17NO5/c1-24-18-5-3-2-4-14(18)8-9-25-19(23)15(12-20)10-13-6-7-16(21)17(22)11-13/h2-7,10-11,21-22H,8-9H2,1H3. The monoisotopic (exact) mass is 339 g/mol. The number of esters is 1. The molecule has 0 aliphatic heterocycles. The van der Waals surface area contributed by atoms with Crippen molar-refractivity contribution in [2.45, 2.75) is 6.42 Å². The number of rotatable bonds is 6. The summed E-state index contributed by atoms with van der Waals surface area (Å²) in [6.07, 6.45) is 1.74. The number of methoxy groups -OCH3 is 1. The van der Waals surface area contributed by atoms with Crippen LogP contribution in [0.25, 0.3) is 6.08 Å². The fourth-order valence-electron chi connectivity index (χ4n) is 2.17. The minimum atomic E-state index is -0.759. The van der Waals surface area contributed by atoms with Crippen LogP contribution < -0.4 is 4.74 Å². The predicted molar refractivity (Wildman–Crippen MR) is 91.0 cm³/mol. The first-order valence-electron chi connectivity index (χ1n) is 7.48. The van der Waals surface area contributed by atoms with E-state index in [4.69, 9.17) is 14.7 Å². The smallest absolute Gasteiger partial charge is 0.348 e. The van der Waals surface area contributed by atoms with E-state index in [0.717, 1.165) is 5.56 Å². The topological polar surface area (TPSA) is 99.8 Å². The van der Waals surface area contributed by atoms with Gasteiger partial charge in [0.2, 0.25) is 0 Å². The predicted octanol–water partition coefficient (Wildman–Crippen LogP) is 2.80. The van der Waals surface area contributed by atoms with Gasteiger partial charge in [-0.1, -0.05) is 24.3 Å². The van der Waals surface area contributed by atoms with Gasteiger partial charge in [-0.3, -0.25) is 0 Å². The van der Waals surface area contributed by atoms with Crippen LogP contribution in [0.2, 0.25) is 0 Å². The maximum Gasteiger partial charge on any atom is 0.348 e. The van der Waals surface area contributed by atoms with E-state index in [9.17, 15) is 15.0 Å². The van der Waals surface area contributed by atoms with Gasteiger partial charge in [0.05, 0.1) is 13.7 Å². The molecule has 2 aromatic carbocycles. The SMILES string of the molecule is COc1ccccc1CCOC(=O)C(C#N)=Cc1ccc(O)c(O)c1. The number of phenolic OH excluding ortho intramolecular Hbond substituents is 2. The molecule has 0 fully saturated rings. The molecule has 25 heavy (non-hydrogen) atoms. The Morgan fingerprint density at radius 3 is 2.64 bits per heavy atom. The first-order chi connectivity index (χ1) is 12.0. The third kappa shape index (κ3) is 4.75. The highest BCUT2D eigenvalue weighted by atomic mass is 16.5. The summed E-state index contributed by atoms with van der Waals surface area (Å²) < 4.78 is 10.4. The van der Waals surface area contributed by atoms with E-state index < -0.39 is 5.97 Å². The summed E-state index contributed by atoms with van der Waals surface area (Å²) in [5.41, 5.74) is 1.09. The third-order valence-corrected chi connectivity index (χ3v) is 3.45. The number of carbonyl (C=O) groups is 1. The number of carbonyl (C=O) groups excluding carboxylic acids is 1. The van der Waals surface area contributed by atoms with E-state index in [1.807, 2.05) is 24.3 Å². The molecule has 0 bridgehead atoms. The molecule has 0 amide bonds. The molecule has 128 valence electrons. The number of benzene rings is 2. The minimum Gasteiger partial charge on any atom is -0.504 e. The van der Waals surface area contributed by atoms with E-state index in [1.165, 1.54) is 24.3 Å². The molecule has 0 radical (unpaired) electrons. The lowest BCUT2D eigenvalue weighted by Crippen LogP contribution is -2.10. The van der Waals surface area contributed by atoms with Crippen LogP contribution in [-0.2, 0) is 16.0 Å². The molecule has 0 saturated carbocycles. The van der Waals surface area contributed by atoms with E-state index in [-0.39, 0.29) is 23.7 Å². The van der Waals surface area contributed by atoms with Crippen LogP contribution in [0, 0.1) is 11.3 Å². The summed E-state index contributed by atoms with van der Waals surface area (Å²) >= 11 is 0. The number of aromatic hydroxyl groups is 2. The van der Waals surface area contributed by atoms with Crippen LogP contribution in [0.15, 0.2) is 48.0 Å². The fraction of sp³-hybridized carbons (Fsp3) is 0.158. The molecule has 0 aromatic heterocycles. The second-order valence-electron chi connectivity index (χ2n) is 5.12. The Balaban J connectivity index is 2.01. The van der Waals surface area contributed by atoms with Gasteiger partial charge in [-0.25, -0.2) is 4.79 Å². The number of nitrogens with zero attached hydrogens (tertiary/aromatic N) is 1. The number of hydrogen-bond donors (Lipinski definition) is 2. The highest BCUT2D eigenvalue weighted by Gasteiger charge is 2.12. The molecule has 6 heteroatoms. The van der Waals surface area contributed by atoms with Gasteiger partial charge in [-0.2, -0.15) is 5.26 Å². The number of phenols is 2. The van der Waals surface area contributed by atoms with E-state index in [1.54, 1.807) is 13.2 Å².